The number of phenolic OH excluding ortho intramolecular Hbond substituents is 1. The zero-order valence-electron chi connectivity index (χ0n) is 29.4. The normalized spacial score (nSPS) is 25.2. The van der Waals surface area contributed by atoms with Gasteiger partial charge >= 0.3 is 23.9 Å². The second kappa shape index (κ2) is 20.1. The van der Waals surface area contributed by atoms with Crippen LogP contribution in [0.1, 0.15) is 48.5 Å². The molecule has 2 aromatic rings. The van der Waals surface area contributed by atoms with Gasteiger partial charge in [0.1, 0.15) is 60.6 Å². The van der Waals surface area contributed by atoms with Crippen LogP contribution in [0.2, 0.25) is 0 Å². The molecule has 272 valence electrons. The maximum atomic E-state index is 11.3. The number of hydrogen-bond acceptors (Lipinski definition) is 14. The van der Waals surface area contributed by atoms with Crippen LogP contribution in [0, 0.1) is 11.8 Å². The van der Waals surface area contributed by atoms with Crippen LogP contribution < -0.4 is 14.2 Å². The molecule has 0 amide bonds. The summed E-state index contributed by atoms with van der Waals surface area (Å²) < 4.78 is 47.5. The Bertz CT molecular complexity index is 1330. The smallest absolute Gasteiger partial charge is 0.303 e. The number of benzene rings is 2. The van der Waals surface area contributed by atoms with Gasteiger partial charge in [-0.2, -0.15) is 0 Å². The van der Waals surface area contributed by atoms with Crippen LogP contribution in [0.5, 0.6) is 23.0 Å². The third-order valence-corrected chi connectivity index (χ3v) is 7.53. The Kier molecular flexibility index (Phi) is 16.6. The summed E-state index contributed by atoms with van der Waals surface area (Å²) in [7, 11) is 3.17. The maximum absolute atomic E-state index is 11.3. The number of rotatable bonds is 10. The minimum atomic E-state index is -0.622. The molecule has 0 spiro atoms. The first-order valence-electron chi connectivity index (χ1n) is 15.7. The molecule has 49 heavy (non-hydrogen) atoms. The first-order valence-corrected chi connectivity index (χ1v) is 15.7. The van der Waals surface area contributed by atoms with Gasteiger partial charge in [0, 0.05) is 33.6 Å². The van der Waals surface area contributed by atoms with E-state index >= 15 is 0 Å². The van der Waals surface area contributed by atoms with Crippen LogP contribution >= 0.6 is 0 Å². The molecule has 1 N–H and O–H groups in total. The van der Waals surface area contributed by atoms with Crippen molar-refractivity contribution in [3.63, 3.8) is 0 Å². The van der Waals surface area contributed by atoms with Crippen LogP contribution in [0.4, 0.5) is 0 Å². The first-order chi connectivity index (χ1) is 23.1. The summed E-state index contributed by atoms with van der Waals surface area (Å²) in [6, 6.07) is 13.6. The van der Waals surface area contributed by atoms with Gasteiger partial charge in [-0.3, -0.25) is 19.2 Å². The van der Waals surface area contributed by atoms with Crippen LogP contribution in [0.15, 0.2) is 48.5 Å². The van der Waals surface area contributed by atoms with E-state index in [9.17, 15) is 19.2 Å². The zero-order chi connectivity index (χ0) is 36.7. The lowest BCUT2D eigenvalue weighted by Crippen LogP contribution is -2.34. The largest absolute Gasteiger partial charge is 0.508 e. The molecule has 2 aliphatic rings. The number of ether oxygens (including phenoxy) is 9. The molecule has 14 nitrogen and oxygen atoms in total. The molecule has 1 unspecified atom stereocenters. The van der Waals surface area contributed by atoms with Crippen molar-refractivity contribution in [3.8, 4) is 23.0 Å². The summed E-state index contributed by atoms with van der Waals surface area (Å²) in [6.07, 6.45) is -2.46. The van der Waals surface area contributed by atoms with Gasteiger partial charge in [0.05, 0.1) is 26.2 Å². The van der Waals surface area contributed by atoms with Crippen molar-refractivity contribution in [1.29, 1.82) is 0 Å². The molecular weight excluding hydrogens is 644 g/mol. The molecule has 0 aromatic heterocycles. The van der Waals surface area contributed by atoms with E-state index in [1.54, 1.807) is 62.8 Å². The average molecular weight is 693 g/mol. The van der Waals surface area contributed by atoms with E-state index < -0.39 is 30.4 Å². The fourth-order valence-electron chi connectivity index (χ4n) is 4.87. The molecule has 2 aromatic carbocycles. The maximum Gasteiger partial charge on any atom is 0.303 e. The molecule has 8 atom stereocenters. The van der Waals surface area contributed by atoms with E-state index in [0.29, 0.717) is 11.5 Å². The highest BCUT2D eigenvalue weighted by atomic mass is 16.7. The Morgan fingerprint density at radius 1 is 0.612 bits per heavy atom. The number of aromatic hydroxyl groups is 1. The van der Waals surface area contributed by atoms with Crippen LogP contribution in [0.3, 0.4) is 0 Å². The summed E-state index contributed by atoms with van der Waals surface area (Å²) in [5, 5.41) is 8.80. The molecule has 14 heteroatoms. The Labute approximate surface area is 286 Å². The Hall–Kier alpha value is -4.56. The number of esters is 4. The summed E-state index contributed by atoms with van der Waals surface area (Å²) in [6.45, 7) is 11.2. The van der Waals surface area contributed by atoms with E-state index in [1.807, 2.05) is 20.8 Å². The van der Waals surface area contributed by atoms with Crippen molar-refractivity contribution in [2.24, 2.45) is 11.8 Å². The molecule has 2 fully saturated rings. The standard InChI is InChI=1S/C17H22O7.C11H18O5.C7H8O2/c1-10-16(22-12(3)19)15(9-21-11(2)18)24-17(10)23-14-7-5-13(20-4)6-8-14;1-6-7(2)15-10(5-14-8(3)12)11(6)16-9(4)13;1-9-7-4-2-6(8)3-5-7/h5-8,10,15-17H,9H2,1-4H3;6-7,10-11H,5H2,1-4H3;2-5,8H,1H3/t10-,15-,16+,17?;6-,7-,10+,11-;/m10./s1. The van der Waals surface area contributed by atoms with E-state index in [-0.39, 0.29) is 61.0 Å². The van der Waals surface area contributed by atoms with Gasteiger partial charge in [-0.15, -0.1) is 0 Å². The van der Waals surface area contributed by atoms with E-state index in [1.165, 1.54) is 27.7 Å². The second-order valence-electron chi connectivity index (χ2n) is 11.4. The molecule has 2 heterocycles. The molecular formula is C35H48O14. The highest BCUT2D eigenvalue weighted by Crippen LogP contribution is 2.32. The Morgan fingerprint density at radius 2 is 1.02 bits per heavy atom. The highest BCUT2D eigenvalue weighted by Gasteiger charge is 2.46. The van der Waals surface area contributed by atoms with Gasteiger partial charge in [0.25, 0.3) is 0 Å². The van der Waals surface area contributed by atoms with Gasteiger partial charge in [-0.05, 0) is 55.5 Å². The van der Waals surface area contributed by atoms with Gasteiger partial charge in [0.15, 0.2) is 0 Å². The fraction of sp³-hybridized carbons (Fsp3) is 0.543. The van der Waals surface area contributed by atoms with Crippen molar-refractivity contribution >= 4 is 23.9 Å². The topological polar surface area (TPSA) is 172 Å². The van der Waals surface area contributed by atoms with Crippen LogP contribution in [-0.2, 0) is 47.6 Å². The molecule has 2 saturated heterocycles. The summed E-state index contributed by atoms with van der Waals surface area (Å²) in [5.41, 5.74) is 0. The Balaban J connectivity index is 0.000000285. The third-order valence-electron chi connectivity index (χ3n) is 7.53. The molecule has 0 aliphatic carbocycles. The third kappa shape index (κ3) is 13.8. The van der Waals surface area contributed by atoms with Crippen molar-refractivity contribution in [3.05, 3.63) is 48.5 Å². The molecule has 0 saturated carbocycles. The molecule has 0 bridgehead atoms. The zero-order valence-corrected chi connectivity index (χ0v) is 29.4. The minimum Gasteiger partial charge on any atom is -0.508 e. The van der Waals surface area contributed by atoms with Gasteiger partial charge < -0.3 is 47.7 Å². The average Bonchev–Trinajstić information content (AvgIpc) is 3.48. The molecule has 2 aliphatic heterocycles. The number of carbonyl (C=O) groups excluding carboxylic acids is 4. The van der Waals surface area contributed by atoms with Crippen molar-refractivity contribution in [1.82, 2.24) is 0 Å². The van der Waals surface area contributed by atoms with E-state index in [0.717, 1.165) is 5.75 Å². The lowest BCUT2D eigenvalue weighted by atomic mass is 9.99. The lowest BCUT2D eigenvalue weighted by molar-refractivity contribution is -0.158. The van der Waals surface area contributed by atoms with Gasteiger partial charge in [0.2, 0.25) is 6.29 Å². The number of phenols is 1. The summed E-state index contributed by atoms with van der Waals surface area (Å²) in [4.78, 5) is 44.0. The second-order valence-corrected chi connectivity index (χ2v) is 11.4. The van der Waals surface area contributed by atoms with Gasteiger partial charge in [-0.25, -0.2) is 0 Å². The monoisotopic (exact) mass is 692 g/mol. The fourth-order valence-corrected chi connectivity index (χ4v) is 4.87. The molecule has 0 radical (unpaired) electrons. The van der Waals surface area contributed by atoms with E-state index in [2.05, 4.69) is 0 Å². The highest BCUT2D eigenvalue weighted by molar-refractivity contribution is 5.67. The number of methoxy groups -OCH3 is 2. The quantitative estimate of drug-likeness (QED) is 0.277. The van der Waals surface area contributed by atoms with Crippen molar-refractivity contribution in [2.75, 3.05) is 27.4 Å². The van der Waals surface area contributed by atoms with Crippen molar-refractivity contribution < 1.29 is 66.9 Å². The predicted molar refractivity (Wildman–Crippen MR) is 174 cm³/mol. The summed E-state index contributed by atoms with van der Waals surface area (Å²) in [5.74, 6) is 0.653. The first kappa shape index (κ1) is 40.6. The Morgan fingerprint density at radius 3 is 1.45 bits per heavy atom. The van der Waals surface area contributed by atoms with E-state index in [4.69, 9.17) is 47.7 Å². The number of carbonyl (C=O) groups is 4. The van der Waals surface area contributed by atoms with Crippen molar-refractivity contribution in [2.45, 2.75) is 85.3 Å². The number of hydrogen-bond donors (Lipinski definition) is 1. The molecule has 4 rings (SSSR count). The lowest BCUT2D eigenvalue weighted by Gasteiger charge is -2.20. The predicted octanol–water partition coefficient (Wildman–Crippen LogP) is 4.24. The van der Waals surface area contributed by atoms with Gasteiger partial charge in [-0.1, -0.05) is 13.8 Å². The van der Waals surface area contributed by atoms with Crippen LogP contribution in [0.25, 0.3) is 0 Å². The SMILES string of the molecule is CC(=O)OC[C@H]1O[C@@H](C)[C@H](C)[C@@H]1OC(C)=O.COc1ccc(O)cc1.COc1ccc(OC2O[C@H](COC(C)=O)[C@@H](OC(C)=O)[C@H]2C)cc1. The minimum absolute atomic E-state index is 0.0000918. The van der Waals surface area contributed by atoms with Crippen LogP contribution in [-0.4, -0.2) is 93.2 Å². The summed E-state index contributed by atoms with van der Waals surface area (Å²) >= 11 is 0.